The van der Waals surface area contributed by atoms with E-state index in [9.17, 15) is 4.79 Å². The van der Waals surface area contributed by atoms with Gasteiger partial charge in [-0.2, -0.15) is 5.10 Å². The summed E-state index contributed by atoms with van der Waals surface area (Å²) in [7, 11) is 0. The van der Waals surface area contributed by atoms with Crippen molar-refractivity contribution in [3.63, 3.8) is 0 Å². The van der Waals surface area contributed by atoms with Gasteiger partial charge in [0.25, 0.3) is 5.91 Å². The molecule has 1 aromatic carbocycles. The average Bonchev–Trinajstić information content (AvgIpc) is 2.87. The van der Waals surface area contributed by atoms with E-state index >= 15 is 0 Å². The minimum atomic E-state index is -0.511. The highest BCUT2D eigenvalue weighted by Crippen LogP contribution is 2.27. The molecule has 3 aromatic rings. The van der Waals surface area contributed by atoms with Crippen molar-refractivity contribution in [2.24, 2.45) is 5.73 Å². The molecule has 0 aliphatic carbocycles. The van der Waals surface area contributed by atoms with Crippen LogP contribution in [-0.4, -0.2) is 20.7 Å². The van der Waals surface area contributed by atoms with E-state index in [4.69, 9.17) is 5.73 Å². The SMILES string of the molecule is CC(C)n1nc(C(N)=O)c2cc(-c3cccnc3)ccc21. The number of hydrogen-bond donors (Lipinski definition) is 1. The second kappa shape index (κ2) is 5.01. The predicted molar refractivity (Wildman–Crippen MR) is 81.9 cm³/mol. The predicted octanol–water partition coefficient (Wildman–Crippen LogP) is 2.78. The number of primary amides is 1. The molecule has 0 bridgehead atoms. The number of nitrogens with zero attached hydrogens (tertiary/aromatic N) is 3. The Morgan fingerprint density at radius 1 is 1.24 bits per heavy atom. The van der Waals surface area contributed by atoms with Crippen LogP contribution in [0.5, 0.6) is 0 Å². The molecule has 0 unspecified atom stereocenters. The lowest BCUT2D eigenvalue weighted by Gasteiger charge is -2.07. The number of nitrogens with two attached hydrogens (primary N) is 1. The van der Waals surface area contributed by atoms with Crippen LogP contribution in [0.25, 0.3) is 22.0 Å². The zero-order valence-corrected chi connectivity index (χ0v) is 11.9. The molecule has 2 aromatic heterocycles. The van der Waals surface area contributed by atoms with Crippen molar-refractivity contribution in [1.29, 1.82) is 0 Å². The van der Waals surface area contributed by atoms with E-state index < -0.39 is 5.91 Å². The van der Waals surface area contributed by atoms with Gasteiger partial charge < -0.3 is 5.73 Å². The fourth-order valence-corrected chi connectivity index (χ4v) is 2.43. The van der Waals surface area contributed by atoms with Crippen LogP contribution in [0, 0.1) is 0 Å². The van der Waals surface area contributed by atoms with Gasteiger partial charge in [0, 0.05) is 29.4 Å². The average molecular weight is 280 g/mol. The number of benzene rings is 1. The number of aromatic nitrogens is 3. The van der Waals surface area contributed by atoms with Gasteiger partial charge >= 0.3 is 0 Å². The minimum absolute atomic E-state index is 0.157. The molecule has 2 heterocycles. The summed E-state index contributed by atoms with van der Waals surface area (Å²) < 4.78 is 1.82. The number of pyridine rings is 1. The van der Waals surface area contributed by atoms with Gasteiger partial charge in [-0.1, -0.05) is 12.1 Å². The van der Waals surface area contributed by atoms with Crippen LogP contribution in [0.1, 0.15) is 30.4 Å². The quantitative estimate of drug-likeness (QED) is 0.801. The molecule has 0 atom stereocenters. The van der Waals surface area contributed by atoms with Gasteiger partial charge in [-0.05, 0) is 37.6 Å². The summed E-state index contributed by atoms with van der Waals surface area (Å²) in [5.41, 5.74) is 8.65. The highest BCUT2D eigenvalue weighted by atomic mass is 16.1. The molecule has 0 spiro atoms. The first-order chi connectivity index (χ1) is 10.1. The number of rotatable bonds is 3. The molecule has 1 amide bonds. The molecule has 106 valence electrons. The Labute approximate surface area is 122 Å². The molecule has 3 rings (SSSR count). The maximum Gasteiger partial charge on any atom is 0.269 e. The largest absolute Gasteiger partial charge is 0.364 e. The van der Waals surface area contributed by atoms with Gasteiger partial charge in [-0.15, -0.1) is 0 Å². The minimum Gasteiger partial charge on any atom is -0.364 e. The Morgan fingerprint density at radius 2 is 2.05 bits per heavy atom. The van der Waals surface area contributed by atoms with Crippen molar-refractivity contribution >= 4 is 16.8 Å². The molecule has 5 heteroatoms. The van der Waals surface area contributed by atoms with Gasteiger partial charge in [0.05, 0.1) is 5.52 Å². The standard InChI is InChI=1S/C16H16N4O/c1-10(2)20-14-6-5-11(12-4-3-7-18-9-12)8-13(14)15(19-20)16(17)21/h3-10H,1-2H3,(H2,17,21). The summed E-state index contributed by atoms with van der Waals surface area (Å²) in [5.74, 6) is -0.511. The van der Waals surface area contributed by atoms with Crippen molar-refractivity contribution < 1.29 is 4.79 Å². The maximum atomic E-state index is 11.6. The van der Waals surface area contributed by atoms with E-state index in [1.807, 2.05) is 48.9 Å². The van der Waals surface area contributed by atoms with E-state index in [0.717, 1.165) is 22.0 Å². The molecular weight excluding hydrogens is 264 g/mol. The van der Waals surface area contributed by atoms with Gasteiger partial charge in [-0.3, -0.25) is 14.5 Å². The summed E-state index contributed by atoms with van der Waals surface area (Å²) in [6.45, 7) is 4.04. The van der Waals surface area contributed by atoms with Crippen molar-refractivity contribution in [2.45, 2.75) is 19.9 Å². The van der Waals surface area contributed by atoms with Crippen LogP contribution >= 0.6 is 0 Å². The third-order valence-electron chi connectivity index (χ3n) is 3.42. The number of fused-ring (bicyclic) bond motifs is 1. The highest BCUT2D eigenvalue weighted by Gasteiger charge is 2.17. The third-order valence-corrected chi connectivity index (χ3v) is 3.42. The third kappa shape index (κ3) is 2.27. The van der Waals surface area contributed by atoms with Gasteiger partial charge in [0.1, 0.15) is 0 Å². The Balaban J connectivity index is 2.26. The van der Waals surface area contributed by atoms with Crippen LogP contribution in [-0.2, 0) is 0 Å². The van der Waals surface area contributed by atoms with Crippen LogP contribution in [0.2, 0.25) is 0 Å². The number of amides is 1. The molecule has 0 saturated heterocycles. The molecule has 0 fully saturated rings. The van der Waals surface area contributed by atoms with E-state index in [1.54, 1.807) is 12.4 Å². The molecule has 2 N–H and O–H groups in total. The lowest BCUT2D eigenvalue weighted by Crippen LogP contribution is -2.13. The lowest BCUT2D eigenvalue weighted by atomic mass is 10.0. The molecule has 21 heavy (non-hydrogen) atoms. The second-order valence-electron chi connectivity index (χ2n) is 5.22. The van der Waals surface area contributed by atoms with Crippen LogP contribution in [0.3, 0.4) is 0 Å². The summed E-state index contributed by atoms with van der Waals surface area (Å²) in [5, 5.41) is 5.13. The highest BCUT2D eigenvalue weighted by molar-refractivity contribution is 6.05. The van der Waals surface area contributed by atoms with Crippen LogP contribution in [0.15, 0.2) is 42.7 Å². The number of carbonyl (C=O) groups excluding carboxylic acids is 1. The Hall–Kier alpha value is -2.69. The van der Waals surface area contributed by atoms with E-state index in [-0.39, 0.29) is 6.04 Å². The van der Waals surface area contributed by atoms with Gasteiger partial charge in [-0.25, -0.2) is 0 Å². The molecule has 5 nitrogen and oxygen atoms in total. The first kappa shape index (κ1) is 13.3. The first-order valence-electron chi connectivity index (χ1n) is 6.80. The Kier molecular flexibility index (Phi) is 3.17. The van der Waals surface area contributed by atoms with Gasteiger partial charge in [0.15, 0.2) is 5.69 Å². The van der Waals surface area contributed by atoms with Gasteiger partial charge in [0.2, 0.25) is 0 Å². The van der Waals surface area contributed by atoms with E-state index in [1.165, 1.54) is 0 Å². The van der Waals surface area contributed by atoms with Crippen molar-refractivity contribution in [2.75, 3.05) is 0 Å². The van der Waals surface area contributed by atoms with Crippen LogP contribution < -0.4 is 5.73 Å². The first-order valence-corrected chi connectivity index (χ1v) is 6.80. The van der Waals surface area contributed by atoms with Crippen molar-refractivity contribution in [3.8, 4) is 11.1 Å². The fourth-order valence-electron chi connectivity index (χ4n) is 2.43. The summed E-state index contributed by atoms with van der Waals surface area (Å²) >= 11 is 0. The molecular formula is C16H16N4O. The van der Waals surface area contributed by atoms with E-state index in [2.05, 4.69) is 10.1 Å². The summed E-state index contributed by atoms with van der Waals surface area (Å²) in [6, 6.07) is 9.93. The number of hydrogen-bond acceptors (Lipinski definition) is 3. The fraction of sp³-hybridized carbons (Fsp3) is 0.188. The zero-order valence-electron chi connectivity index (χ0n) is 11.9. The topological polar surface area (TPSA) is 73.8 Å². The maximum absolute atomic E-state index is 11.6. The molecule has 0 aliphatic rings. The van der Waals surface area contributed by atoms with Crippen LogP contribution in [0.4, 0.5) is 0 Å². The Morgan fingerprint density at radius 3 is 2.67 bits per heavy atom. The Bertz CT molecular complexity index is 806. The number of carbonyl (C=O) groups is 1. The van der Waals surface area contributed by atoms with Crippen molar-refractivity contribution in [3.05, 3.63) is 48.4 Å². The molecule has 0 saturated carbocycles. The summed E-state index contributed by atoms with van der Waals surface area (Å²) in [6.07, 6.45) is 3.52. The smallest absolute Gasteiger partial charge is 0.269 e. The lowest BCUT2D eigenvalue weighted by molar-refractivity contribution is 0.0996. The van der Waals surface area contributed by atoms with E-state index in [0.29, 0.717) is 5.69 Å². The monoisotopic (exact) mass is 280 g/mol. The zero-order chi connectivity index (χ0) is 15.0. The summed E-state index contributed by atoms with van der Waals surface area (Å²) in [4.78, 5) is 15.8. The second-order valence-corrected chi connectivity index (χ2v) is 5.22. The molecule has 0 radical (unpaired) electrons. The van der Waals surface area contributed by atoms with Crippen molar-refractivity contribution in [1.82, 2.24) is 14.8 Å². The molecule has 0 aliphatic heterocycles. The normalized spacial score (nSPS) is 11.2.